The Hall–Kier alpha value is -2.09. The summed E-state index contributed by atoms with van der Waals surface area (Å²) >= 11 is 5.98. The van der Waals surface area contributed by atoms with Crippen LogP contribution in [0.3, 0.4) is 0 Å². The highest BCUT2D eigenvalue weighted by molar-refractivity contribution is 7.89. The van der Waals surface area contributed by atoms with Crippen molar-refractivity contribution in [3.8, 4) is 0 Å². The number of anilines is 2. The van der Waals surface area contributed by atoms with Gasteiger partial charge in [0.2, 0.25) is 15.9 Å². The fraction of sp³-hybridized carbons (Fsp3) is 0.188. The molecule has 2 rings (SSSR count). The predicted molar refractivity (Wildman–Crippen MR) is 95.9 cm³/mol. The highest BCUT2D eigenvalue weighted by atomic mass is 35.5. The van der Waals surface area contributed by atoms with Gasteiger partial charge in [0, 0.05) is 19.8 Å². The first-order valence-electron chi connectivity index (χ1n) is 7.11. The molecule has 8 heteroatoms. The Morgan fingerprint density at radius 3 is 2.50 bits per heavy atom. The maximum atomic E-state index is 12.1. The standard InChI is InChI=1S/C16H18ClN3O3S/c1-20(2)24(22,23)13-7-5-6-12(10-13)18-11-16(21)19-15-9-4-3-8-14(15)17/h3-10,18H,11H2,1-2H3,(H,19,21). The van der Waals surface area contributed by atoms with Crippen LogP contribution in [0.4, 0.5) is 11.4 Å². The van der Waals surface area contributed by atoms with E-state index in [1.54, 1.807) is 36.4 Å². The summed E-state index contributed by atoms with van der Waals surface area (Å²) < 4.78 is 25.3. The van der Waals surface area contributed by atoms with Gasteiger partial charge in [0.05, 0.1) is 22.2 Å². The van der Waals surface area contributed by atoms with E-state index in [0.717, 1.165) is 4.31 Å². The van der Waals surface area contributed by atoms with Crippen molar-refractivity contribution < 1.29 is 13.2 Å². The van der Waals surface area contributed by atoms with Crippen molar-refractivity contribution in [3.63, 3.8) is 0 Å². The molecule has 0 heterocycles. The summed E-state index contributed by atoms with van der Waals surface area (Å²) in [5.74, 6) is -0.288. The third kappa shape index (κ3) is 4.47. The van der Waals surface area contributed by atoms with Gasteiger partial charge in [0.15, 0.2) is 0 Å². The van der Waals surface area contributed by atoms with E-state index in [1.807, 2.05) is 0 Å². The van der Waals surface area contributed by atoms with E-state index in [1.165, 1.54) is 26.2 Å². The van der Waals surface area contributed by atoms with Crippen LogP contribution in [-0.4, -0.2) is 39.3 Å². The number of nitrogens with zero attached hydrogens (tertiary/aromatic N) is 1. The number of hydrogen-bond acceptors (Lipinski definition) is 4. The van der Waals surface area contributed by atoms with Crippen LogP contribution in [0.1, 0.15) is 0 Å². The van der Waals surface area contributed by atoms with Crippen molar-refractivity contribution in [2.24, 2.45) is 0 Å². The van der Waals surface area contributed by atoms with E-state index in [-0.39, 0.29) is 17.3 Å². The lowest BCUT2D eigenvalue weighted by atomic mass is 10.3. The third-order valence-electron chi connectivity index (χ3n) is 3.21. The number of hydrogen-bond donors (Lipinski definition) is 2. The number of carbonyl (C=O) groups is 1. The molecule has 0 aliphatic heterocycles. The molecule has 0 aliphatic rings. The van der Waals surface area contributed by atoms with Crippen molar-refractivity contribution in [1.29, 1.82) is 0 Å². The van der Waals surface area contributed by atoms with Crippen LogP contribution in [-0.2, 0) is 14.8 Å². The second-order valence-electron chi connectivity index (χ2n) is 5.20. The first-order chi connectivity index (χ1) is 11.3. The normalized spacial score (nSPS) is 11.3. The summed E-state index contributed by atoms with van der Waals surface area (Å²) in [5.41, 5.74) is 1.06. The molecule has 0 saturated heterocycles. The van der Waals surface area contributed by atoms with Gasteiger partial charge >= 0.3 is 0 Å². The zero-order valence-electron chi connectivity index (χ0n) is 13.3. The van der Waals surface area contributed by atoms with Gasteiger partial charge in [-0.1, -0.05) is 29.8 Å². The molecule has 0 saturated carbocycles. The quantitative estimate of drug-likeness (QED) is 0.822. The Kier molecular flexibility index (Phi) is 5.82. The SMILES string of the molecule is CN(C)S(=O)(=O)c1cccc(NCC(=O)Nc2ccccc2Cl)c1. The average molecular weight is 368 g/mol. The highest BCUT2D eigenvalue weighted by Crippen LogP contribution is 2.20. The largest absolute Gasteiger partial charge is 0.376 e. The smallest absolute Gasteiger partial charge is 0.243 e. The number of amides is 1. The molecular formula is C16H18ClN3O3S. The number of benzene rings is 2. The Labute approximate surface area is 146 Å². The summed E-state index contributed by atoms with van der Waals surface area (Å²) in [6.45, 7) is -0.0172. The van der Waals surface area contributed by atoms with Crippen LogP contribution >= 0.6 is 11.6 Å². The van der Waals surface area contributed by atoms with E-state index in [9.17, 15) is 13.2 Å². The highest BCUT2D eigenvalue weighted by Gasteiger charge is 2.17. The Balaban J connectivity index is 2.02. The second-order valence-corrected chi connectivity index (χ2v) is 7.76. The number of rotatable bonds is 6. The number of sulfonamides is 1. The van der Waals surface area contributed by atoms with Gasteiger partial charge in [-0.15, -0.1) is 0 Å². The van der Waals surface area contributed by atoms with Crippen molar-refractivity contribution in [3.05, 3.63) is 53.6 Å². The molecule has 0 atom stereocenters. The molecule has 24 heavy (non-hydrogen) atoms. The Bertz CT molecular complexity index is 838. The molecule has 2 aromatic rings. The molecule has 0 bridgehead atoms. The summed E-state index contributed by atoms with van der Waals surface area (Å²) in [5, 5.41) is 6.03. The van der Waals surface area contributed by atoms with Gasteiger partial charge in [0.1, 0.15) is 0 Å². The summed E-state index contributed by atoms with van der Waals surface area (Å²) in [4.78, 5) is 12.1. The number of carbonyl (C=O) groups excluding carboxylic acids is 1. The van der Waals surface area contributed by atoms with Gasteiger partial charge in [-0.3, -0.25) is 4.79 Å². The van der Waals surface area contributed by atoms with E-state index in [0.29, 0.717) is 16.4 Å². The zero-order valence-corrected chi connectivity index (χ0v) is 14.9. The first-order valence-corrected chi connectivity index (χ1v) is 8.93. The molecular weight excluding hydrogens is 350 g/mol. The molecule has 0 radical (unpaired) electrons. The fourth-order valence-corrected chi connectivity index (χ4v) is 3.05. The van der Waals surface area contributed by atoms with Crippen molar-refractivity contribution in [2.75, 3.05) is 31.3 Å². The molecule has 0 fully saturated rings. The van der Waals surface area contributed by atoms with Crippen LogP contribution in [0.25, 0.3) is 0 Å². The molecule has 128 valence electrons. The van der Waals surface area contributed by atoms with Crippen molar-refractivity contribution >= 4 is 38.9 Å². The van der Waals surface area contributed by atoms with Crippen LogP contribution in [0.15, 0.2) is 53.4 Å². The summed E-state index contributed by atoms with van der Waals surface area (Å²) in [6, 6.07) is 13.2. The Morgan fingerprint density at radius 1 is 1.12 bits per heavy atom. The van der Waals surface area contributed by atoms with E-state index >= 15 is 0 Å². The zero-order chi connectivity index (χ0) is 17.7. The van der Waals surface area contributed by atoms with Crippen LogP contribution in [0.5, 0.6) is 0 Å². The molecule has 0 unspecified atom stereocenters. The number of halogens is 1. The molecule has 2 aromatic carbocycles. The molecule has 2 N–H and O–H groups in total. The first kappa shape index (κ1) is 18.3. The third-order valence-corrected chi connectivity index (χ3v) is 5.35. The number of para-hydroxylation sites is 1. The van der Waals surface area contributed by atoms with Crippen LogP contribution in [0, 0.1) is 0 Å². The van der Waals surface area contributed by atoms with Gasteiger partial charge in [-0.2, -0.15) is 0 Å². The molecule has 0 aromatic heterocycles. The lowest BCUT2D eigenvalue weighted by Crippen LogP contribution is -2.23. The van der Waals surface area contributed by atoms with Crippen LogP contribution in [0.2, 0.25) is 5.02 Å². The predicted octanol–water partition coefficient (Wildman–Crippen LogP) is 2.64. The topological polar surface area (TPSA) is 78.5 Å². The van der Waals surface area contributed by atoms with Gasteiger partial charge in [0.25, 0.3) is 0 Å². The van der Waals surface area contributed by atoms with Crippen LogP contribution < -0.4 is 10.6 Å². The summed E-state index contributed by atoms with van der Waals surface area (Å²) in [6.07, 6.45) is 0. The second kappa shape index (κ2) is 7.65. The van der Waals surface area contributed by atoms with Crippen molar-refractivity contribution in [1.82, 2.24) is 4.31 Å². The lowest BCUT2D eigenvalue weighted by Gasteiger charge is -2.13. The van der Waals surface area contributed by atoms with Gasteiger partial charge in [-0.05, 0) is 30.3 Å². The fourth-order valence-electron chi connectivity index (χ4n) is 1.92. The monoisotopic (exact) mass is 367 g/mol. The minimum Gasteiger partial charge on any atom is -0.376 e. The van der Waals surface area contributed by atoms with E-state index < -0.39 is 10.0 Å². The maximum Gasteiger partial charge on any atom is 0.243 e. The van der Waals surface area contributed by atoms with E-state index in [4.69, 9.17) is 11.6 Å². The molecule has 1 amide bonds. The maximum absolute atomic E-state index is 12.1. The van der Waals surface area contributed by atoms with Gasteiger partial charge in [-0.25, -0.2) is 12.7 Å². The number of nitrogens with one attached hydrogen (secondary N) is 2. The minimum atomic E-state index is -3.52. The lowest BCUT2D eigenvalue weighted by molar-refractivity contribution is -0.114. The summed E-state index contributed by atoms with van der Waals surface area (Å²) in [7, 11) is -0.587. The Morgan fingerprint density at radius 2 is 1.83 bits per heavy atom. The van der Waals surface area contributed by atoms with E-state index in [2.05, 4.69) is 10.6 Å². The van der Waals surface area contributed by atoms with Crippen molar-refractivity contribution in [2.45, 2.75) is 4.90 Å². The average Bonchev–Trinajstić information content (AvgIpc) is 2.55. The molecule has 0 aliphatic carbocycles. The molecule has 0 spiro atoms. The van der Waals surface area contributed by atoms with Gasteiger partial charge < -0.3 is 10.6 Å². The molecule has 6 nitrogen and oxygen atoms in total. The minimum absolute atomic E-state index is 0.0172.